The van der Waals surface area contributed by atoms with Gasteiger partial charge in [0.05, 0.1) is 25.8 Å². The molecule has 0 saturated carbocycles. The van der Waals surface area contributed by atoms with Crippen LogP contribution in [0.25, 0.3) is 0 Å². The first-order valence-electron chi connectivity index (χ1n) is 6.74. The van der Waals surface area contributed by atoms with Crippen LogP contribution in [0.1, 0.15) is 19.3 Å². The quantitative estimate of drug-likeness (QED) is 0.589. The van der Waals surface area contributed by atoms with Gasteiger partial charge in [-0.1, -0.05) is 24.8 Å². The van der Waals surface area contributed by atoms with Gasteiger partial charge in [0, 0.05) is 12.1 Å². The molecule has 0 aromatic heterocycles. The summed E-state index contributed by atoms with van der Waals surface area (Å²) < 4.78 is 9.32. The standard InChI is InChI=1S/C16H21NO4/c1-12(16(19)21-3)14(10-7-11-15(18)20-2)17-13-8-5-4-6-9-13/h4-6,8-9,14,17H,1,7,10-11H2,2-3H3/t14-/m1/s1. The summed E-state index contributed by atoms with van der Waals surface area (Å²) >= 11 is 0. The number of carbonyl (C=O) groups is 2. The molecule has 0 unspecified atom stereocenters. The highest BCUT2D eigenvalue weighted by molar-refractivity contribution is 5.89. The molecule has 0 spiro atoms. The summed E-state index contributed by atoms with van der Waals surface area (Å²) in [5.74, 6) is -0.723. The second-order valence-electron chi connectivity index (χ2n) is 4.55. The van der Waals surface area contributed by atoms with E-state index in [0.717, 1.165) is 5.69 Å². The Morgan fingerprint density at radius 1 is 1.19 bits per heavy atom. The molecule has 0 aliphatic heterocycles. The fourth-order valence-electron chi connectivity index (χ4n) is 1.90. The van der Waals surface area contributed by atoms with Crippen molar-refractivity contribution in [2.75, 3.05) is 19.5 Å². The highest BCUT2D eigenvalue weighted by Crippen LogP contribution is 2.17. The summed E-state index contributed by atoms with van der Waals surface area (Å²) in [6.07, 6.45) is 1.48. The summed E-state index contributed by atoms with van der Waals surface area (Å²) in [5, 5.41) is 3.23. The zero-order chi connectivity index (χ0) is 15.7. The SMILES string of the molecule is C=C(C(=O)OC)[C@@H](CCCC(=O)OC)Nc1ccccc1. The first kappa shape index (κ1) is 16.8. The highest BCUT2D eigenvalue weighted by Gasteiger charge is 2.19. The van der Waals surface area contributed by atoms with Gasteiger partial charge in [-0.25, -0.2) is 4.79 Å². The molecule has 5 nitrogen and oxygen atoms in total. The van der Waals surface area contributed by atoms with Gasteiger partial charge >= 0.3 is 11.9 Å². The lowest BCUT2D eigenvalue weighted by Gasteiger charge is -2.20. The third-order valence-electron chi connectivity index (χ3n) is 3.08. The van der Waals surface area contributed by atoms with E-state index >= 15 is 0 Å². The van der Waals surface area contributed by atoms with Gasteiger partial charge in [-0.3, -0.25) is 4.79 Å². The van der Waals surface area contributed by atoms with Crippen LogP contribution in [0.2, 0.25) is 0 Å². The average molecular weight is 291 g/mol. The van der Waals surface area contributed by atoms with E-state index in [4.69, 9.17) is 4.74 Å². The molecule has 0 bridgehead atoms. The number of rotatable bonds is 8. The highest BCUT2D eigenvalue weighted by atomic mass is 16.5. The molecule has 0 fully saturated rings. The van der Waals surface area contributed by atoms with Crippen LogP contribution in [0, 0.1) is 0 Å². The van der Waals surface area contributed by atoms with E-state index in [1.165, 1.54) is 14.2 Å². The lowest BCUT2D eigenvalue weighted by Crippen LogP contribution is -2.27. The second kappa shape index (κ2) is 8.79. The predicted molar refractivity (Wildman–Crippen MR) is 80.9 cm³/mol. The van der Waals surface area contributed by atoms with Gasteiger partial charge in [0.15, 0.2) is 0 Å². The van der Waals surface area contributed by atoms with Crippen LogP contribution < -0.4 is 5.32 Å². The number of hydrogen-bond acceptors (Lipinski definition) is 5. The molecule has 0 radical (unpaired) electrons. The van der Waals surface area contributed by atoms with E-state index < -0.39 is 5.97 Å². The maximum atomic E-state index is 11.6. The fourth-order valence-corrected chi connectivity index (χ4v) is 1.90. The smallest absolute Gasteiger partial charge is 0.335 e. The van der Waals surface area contributed by atoms with E-state index in [9.17, 15) is 9.59 Å². The molecule has 0 aliphatic rings. The first-order chi connectivity index (χ1) is 10.1. The van der Waals surface area contributed by atoms with Crippen molar-refractivity contribution >= 4 is 17.6 Å². The van der Waals surface area contributed by atoms with Gasteiger partial charge in [0.2, 0.25) is 0 Å². The number of benzene rings is 1. The van der Waals surface area contributed by atoms with Crippen LogP contribution in [0.4, 0.5) is 5.69 Å². The van der Waals surface area contributed by atoms with Gasteiger partial charge < -0.3 is 14.8 Å². The van der Waals surface area contributed by atoms with Crippen molar-refractivity contribution < 1.29 is 19.1 Å². The Morgan fingerprint density at radius 3 is 2.43 bits per heavy atom. The molecule has 0 heterocycles. The normalized spacial score (nSPS) is 11.3. The van der Waals surface area contributed by atoms with Crippen molar-refractivity contribution in [2.24, 2.45) is 0 Å². The molecule has 1 N–H and O–H groups in total. The largest absolute Gasteiger partial charge is 0.469 e. The Kier molecular flexibility index (Phi) is 7.01. The van der Waals surface area contributed by atoms with Crippen molar-refractivity contribution in [2.45, 2.75) is 25.3 Å². The molecule has 5 heteroatoms. The monoisotopic (exact) mass is 291 g/mol. The van der Waals surface area contributed by atoms with Gasteiger partial charge in [-0.2, -0.15) is 0 Å². The number of esters is 2. The Labute approximate surface area is 124 Å². The maximum Gasteiger partial charge on any atom is 0.335 e. The number of nitrogens with one attached hydrogen (secondary N) is 1. The lowest BCUT2D eigenvalue weighted by atomic mass is 10.0. The van der Waals surface area contributed by atoms with Crippen molar-refractivity contribution in [3.63, 3.8) is 0 Å². The number of carbonyl (C=O) groups excluding carboxylic acids is 2. The van der Waals surface area contributed by atoms with Crippen LogP contribution >= 0.6 is 0 Å². The predicted octanol–water partition coefficient (Wildman–Crippen LogP) is 2.54. The Bertz CT molecular complexity index is 484. The van der Waals surface area contributed by atoms with Gasteiger partial charge in [0.25, 0.3) is 0 Å². The number of anilines is 1. The molecule has 1 atom stereocenters. The summed E-state index contributed by atoms with van der Waals surface area (Å²) in [4.78, 5) is 22.8. The molecule has 0 aliphatic carbocycles. The van der Waals surface area contributed by atoms with E-state index in [0.29, 0.717) is 24.8 Å². The van der Waals surface area contributed by atoms with Crippen molar-refractivity contribution in [3.8, 4) is 0 Å². The first-order valence-corrected chi connectivity index (χ1v) is 6.74. The molecule has 1 aromatic rings. The van der Waals surface area contributed by atoms with Crippen LogP contribution in [-0.4, -0.2) is 32.2 Å². The number of para-hydroxylation sites is 1. The molecule has 21 heavy (non-hydrogen) atoms. The minimum Gasteiger partial charge on any atom is -0.469 e. The summed E-state index contributed by atoms with van der Waals surface area (Å²) in [7, 11) is 2.68. The Hall–Kier alpha value is -2.30. The lowest BCUT2D eigenvalue weighted by molar-refractivity contribution is -0.140. The Morgan fingerprint density at radius 2 is 1.86 bits per heavy atom. The molecular weight excluding hydrogens is 270 g/mol. The van der Waals surface area contributed by atoms with Crippen LogP contribution in [0.15, 0.2) is 42.5 Å². The van der Waals surface area contributed by atoms with E-state index in [-0.39, 0.29) is 12.0 Å². The number of hydrogen-bond donors (Lipinski definition) is 1. The minimum atomic E-state index is -0.457. The Balaban J connectivity index is 2.68. The third-order valence-corrected chi connectivity index (χ3v) is 3.08. The van der Waals surface area contributed by atoms with Gasteiger partial charge in [0.1, 0.15) is 0 Å². The van der Waals surface area contributed by atoms with Crippen LogP contribution in [0.5, 0.6) is 0 Å². The maximum absolute atomic E-state index is 11.6. The molecular formula is C16H21NO4. The third kappa shape index (κ3) is 5.69. The van der Waals surface area contributed by atoms with Crippen LogP contribution in [-0.2, 0) is 19.1 Å². The second-order valence-corrected chi connectivity index (χ2v) is 4.55. The zero-order valence-corrected chi connectivity index (χ0v) is 12.4. The molecule has 0 saturated heterocycles. The number of ether oxygens (including phenoxy) is 2. The van der Waals surface area contributed by atoms with Crippen molar-refractivity contribution in [1.82, 2.24) is 0 Å². The van der Waals surface area contributed by atoms with Gasteiger partial charge in [-0.05, 0) is 25.0 Å². The number of methoxy groups -OCH3 is 2. The van der Waals surface area contributed by atoms with Gasteiger partial charge in [-0.15, -0.1) is 0 Å². The zero-order valence-electron chi connectivity index (χ0n) is 12.4. The van der Waals surface area contributed by atoms with E-state index in [1.54, 1.807) is 0 Å². The summed E-state index contributed by atoms with van der Waals surface area (Å²) in [5.41, 5.74) is 1.22. The molecule has 114 valence electrons. The minimum absolute atomic E-state index is 0.267. The van der Waals surface area contributed by atoms with Crippen LogP contribution in [0.3, 0.4) is 0 Å². The molecule has 1 aromatic carbocycles. The average Bonchev–Trinajstić information content (AvgIpc) is 2.53. The topological polar surface area (TPSA) is 64.6 Å². The van der Waals surface area contributed by atoms with E-state index in [2.05, 4.69) is 16.6 Å². The van der Waals surface area contributed by atoms with Crippen molar-refractivity contribution in [3.05, 3.63) is 42.5 Å². The molecule has 1 rings (SSSR count). The van der Waals surface area contributed by atoms with E-state index in [1.807, 2.05) is 30.3 Å². The summed E-state index contributed by atoms with van der Waals surface area (Å²) in [6.45, 7) is 3.79. The fraction of sp³-hybridized carbons (Fsp3) is 0.375. The van der Waals surface area contributed by atoms with Crippen molar-refractivity contribution in [1.29, 1.82) is 0 Å². The molecule has 0 amide bonds. The summed E-state index contributed by atoms with van der Waals surface area (Å²) in [6, 6.07) is 9.22.